The molecule has 19 heteroatoms. The number of carbonyl (C=O) groups is 4. The van der Waals surface area contributed by atoms with Crippen LogP contribution >= 0.6 is 0 Å². The molecule has 0 bridgehead atoms. The normalized spacial score (nSPS) is 11.1. The zero-order valence-electron chi connectivity index (χ0n) is 68.0. The molecule has 121 heavy (non-hydrogen) atoms. The van der Waals surface area contributed by atoms with Crippen LogP contribution in [0.4, 0.5) is 13.2 Å². The Hall–Kier alpha value is -11.6. The zero-order valence-corrected chi connectivity index (χ0v) is 77.6. The average Bonchev–Trinajstić information content (AvgIpc) is 1.26. The molecular formula is C102H87F3Ir4N5O7-5. The summed E-state index contributed by atoms with van der Waals surface area (Å²) >= 11 is 0. The summed E-state index contributed by atoms with van der Waals surface area (Å²) in [6.07, 6.45) is 11.6. The van der Waals surface area contributed by atoms with Gasteiger partial charge in [-0.3, -0.25) is 40.2 Å². The van der Waals surface area contributed by atoms with Crippen LogP contribution < -0.4 is 0 Å². The first-order valence-corrected chi connectivity index (χ1v) is 37.6. The number of carbonyl (C=O) groups excluding carboxylic acids is 4. The third-order valence-corrected chi connectivity index (χ3v) is 17.3. The topological polar surface area (TPSA) is 193 Å². The number of aryl methyl sites for hydroxylation is 4. The van der Waals surface area contributed by atoms with Crippen LogP contribution in [0.5, 0.6) is 0 Å². The fourth-order valence-electron chi connectivity index (χ4n) is 12.2. The Morgan fingerprint density at radius 2 is 0.884 bits per heavy atom. The predicted molar refractivity (Wildman–Crippen MR) is 464 cm³/mol. The molecule has 1 aliphatic carbocycles. The van der Waals surface area contributed by atoms with Gasteiger partial charge in [0.2, 0.25) is 0 Å². The largest absolute Gasteiger partial charge is 0.512 e. The molecule has 5 aromatic heterocycles. The van der Waals surface area contributed by atoms with Crippen LogP contribution in [-0.2, 0) is 94.8 Å². The molecule has 10 aromatic carbocycles. The molecule has 0 saturated heterocycles. The number of fused-ring (bicyclic) bond motifs is 4. The van der Waals surface area contributed by atoms with Gasteiger partial charge in [-0.2, -0.15) is 5.57 Å². The fraction of sp³-hybridized carbons (Fsp3) is 0.127. The zero-order chi connectivity index (χ0) is 83.9. The Kier molecular flexibility index (Phi) is 41.7. The minimum Gasteiger partial charge on any atom is -0.512 e. The summed E-state index contributed by atoms with van der Waals surface area (Å²) in [4.78, 5) is 65.1. The van der Waals surface area contributed by atoms with Crippen molar-refractivity contribution >= 4 is 72.3 Å². The van der Waals surface area contributed by atoms with Gasteiger partial charge in [0, 0.05) is 132 Å². The summed E-state index contributed by atoms with van der Waals surface area (Å²) in [5, 5.41) is 28.5. The number of aliphatic hydroxyl groups excluding tert-OH is 3. The predicted octanol–water partition coefficient (Wildman–Crippen LogP) is 24.9. The molecule has 0 amide bonds. The molecule has 0 unspecified atom stereocenters. The third-order valence-electron chi connectivity index (χ3n) is 17.3. The second-order valence-corrected chi connectivity index (χ2v) is 27.3. The molecule has 1 aliphatic rings. The number of aromatic nitrogens is 5. The number of para-hydroxylation sites is 1. The first-order valence-electron chi connectivity index (χ1n) is 37.6. The van der Waals surface area contributed by atoms with Gasteiger partial charge in [0.25, 0.3) is 0 Å². The Morgan fingerprint density at radius 1 is 0.405 bits per heavy atom. The number of aliphatic hydroxyl groups is 3. The number of benzene rings is 10. The maximum atomic E-state index is 13.5. The average molecular weight is 2320 g/mol. The van der Waals surface area contributed by atoms with Crippen LogP contribution in [0.3, 0.4) is 0 Å². The van der Waals surface area contributed by atoms with E-state index < -0.39 is 0 Å². The van der Waals surface area contributed by atoms with E-state index in [0.29, 0.717) is 27.4 Å². The number of ketones is 4. The van der Waals surface area contributed by atoms with Gasteiger partial charge >= 0.3 is 0 Å². The van der Waals surface area contributed by atoms with Crippen molar-refractivity contribution in [2.75, 3.05) is 0 Å². The van der Waals surface area contributed by atoms with Gasteiger partial charge < -0.3 is 25.3 Å². The van der Waals surface area contributed by atoms with Gasteiger partial charge in [-0.05, 0) is 129 Å². The molecule has 4 radical (unpaired) electrons. The summed E-state index contributed by atoms with van der Waals surface area (Å²) in [7, 11) is 0. The molecule has 0 atom stereocenters. The molecular weight excluding hydrogens is 2230 g/mol. The van der Waals surface area contributed by atoms with E-state index in [9.17, 15) is 32.3 Å². The number of allylic oxidation sites excluding steroid dienone is 8. The van der Waals surface area contributed by atoms with Crippen molar-refractivity contribution in [1.29, 1.82) is 0 Å². The first kappa shape index (κ1) is 100.0. The molecule has 16 rings (SSSR count). The second-order valence-electron chi connectivity index (χ2n) is 27.3. The Labute approximate surface area is 759 Å². The van der Waals surface area contributed by atoms with E-state index in [0.717, 1.165) is 120 Å². The summed E-state index contributed by atoms with van der Waals surface area (Å²) in [6.45, 7) is 16.8. The molecule has 15 aromatic rings. The van der Waals surface area contributed by atoms with Crippen molar-refractivity contribution in [3.05, 3.63) is 395 Å². The summed E-state index contributed by atoms with van der Waals surface area (Å²) in [6, 6.07) is 95.8. The van der Waals surface area contributed by atoms with Crippen molar-refractivity contribution in [3.8, 4) is 56.2 Å². The van der Waals surface area contributed by atoms with E-state index in [-0.39, 0.29) is 138 Å². The van der Waals surface area contributed by atoms with Gasteiger partial charge in [0.05, 0.1) is 39.3 Å². The number of pyridine rings is 5. The number of nitrogens with zero attached hydrogens (tertiary/aromatic N) is 5. The Morgan fingerprint density at radius 3 is 1.41 bits per heavy atom. The van der Waals surface area contributed by atoms with Crippen molar-refractivity contribution < 1.29 is 128 Å². The van der Waals surface area contributed by atoms with E-state index in [4.69, 9.17) is 25.3 Å². The number of hydrogen-bond acceptors (Lipinski definition) is 12. The van der Waals surface area contributed by atoms with Crippen LogP contribution in [0.25, 0.3) is 105 Å². The van der Waals surface area contributed by atoms with Crippen molar-refractivity contribution in [3.63, 3.8) is 0 Å². The SMILES string of the molecule is CC(=O)C=C(C)O.CC(=O)C=C(C)O.CC(=O)C=C(C)O.Cc1[c-]c(-c2ccc3c(-c4ccc(F)cc4)cccc3n2)c(C)cc1.Cc1[c-]c(-c2ccc3ccccc3n2)cc(C)c1.Fc1cccc2nc(-c3[c-]cccc3)ccc12.Fc1cccc2nc(C3=[C-]CCC3)ccc12.O=C(c1ccccc1)c1ccc(-c2[c-]cccc2)nc1.[Ir].[Ir].[Ir].[Ir]. The van der Waals surface area contributed by atoms with Crippen LogP contribution in [0.1, 0.15) is 105 Å². The second kappa shape index (κ2) is 50.5. The van der Waals surface area contributed by atoms with Crippen LogP contribution in [0, 0.1) is 75.5 Å². The third kappa shape index (κ3) is 31.5. The number of hydrogen-bond donors (Lipinski definition) is 3. The number of rotatable bonds is 11. The molecule has 5 heterocycles. The minimum absolute atomic E-state index is 0. The maximum absolute atomic E-state index is 13.5. The quantitative estimate of drug-likeness (QED) is 0.0481. The van der Waals surface area contributed by atoms with E-state index in [1.54, 1.807) is 60.8 Å². The standard InChI is InChI=1S/C23H17FN.C18H12NO.C17H14N.C15H9FN.C14H11FN.3C5H8O2.4Ir/c1-15-6-7-16(2)21(14-15)23-13-12-20-19(4-3-5-22(20)25-23)17-8-10-18(24)11-9-17;20-18(15-9-5-2-6-10-15)16-11-12-17(19-13-16)14-7-3-1-4-8-14;1-12-9-13(2)11-15(10-12)17-8-7-14-5-3-4-6-16(14)18-17;16-13-7-4-8-15-12(13)9-10-14(17-15)11-5-2-1-3-6-11;15-12-6-3-7-14-11(12)8-9-13(16-14)10-4-1-2-5-10;3*1-4(6)3-5(2)7;;;;/h3-13H,1-2H3;1-7,9-13H;3-10H,1-2H3;1-5,7-10H;3,6-9H,1-2,4H2;3*3,6H,1-2H3;;;;/q5*-1;;;;;;;. The monoisotopic (exact) mass is 2320 g/mol. The van der Waals surface area contributed by atoms with E-state index in [1.165, 1.54) is 101 Å². The van der Waals surface area contributed by atoms with Gasteiger partial charge in [0.15, 0.2) is 23.1 Å². The van der Waals surface area contributed by atoms with Crippen LogP contribution in [0.2, 0.25) is 0 Å². The van der Waals surface area contributed by atoms with Gasteiger partial charge in [-0.15, -0.1) is 154 Å². The molecule has 624 valence electrons. The van der Waals surface area contributed by atoms with Crippen molar-refractivity contribution in [2.45, 2.75) is 88.5 Å². The van der Waals surface area contributed by atoms with E-state index in [1.807, 2.05) is 146 Å². The van der Waals surface area contributed by atoms with Crippen molar-refractivity contribution in [2.24, 2.45) is 0 Å². The molecule has 3 N–H and O–H groups in total. The maximum Gasteiger partial charge on any atom is 0.194 e. The van der Waals surface area contributed by atoms with Crippen molar-refractivity contribution in [1.82, 2.24) is 24.9 Å². The smallest absolute Gasteiger partial charge is 0.194 e. The number of halogens is 3. The van der Waals surface area contributed by atoms with Crippen LogP contribution in [0.15, 0.2) is 309 Å². The Bertz CT molecular complexity index is 6000. The molecule has 0 saturated carbocycles. The first-order chi connectivity index (χ1) is 56.2. The Balaban J connectivity index is 0.000000253. The summed E-state index contributed by atoms with van der Waals surface area (Å²) < 4.78 is 40.1. The van der Waals surface area contributed by atoms with E-state index in [2.05, 4.69) is 115 Å². The van der Waals surface area contributed by atoms with Gasteiger partial charge in [-0.1, -0.05) is 186 Å². The van der Waals surface area contributed by atoms with Crippen LogP contribution in [-0.4, -0.2) is 63.4 Å². The summed E-state index contributed by atoms with van der Waals surface area (Å²) in [5.41, 5.74) is 20.9. The van der Waals surface area contributed by atoms with E-state index >= 15 is 0 Å². The van der Waals surface area contributed by atoms with Gasteiger partial charge in [0.1, 0.15) is 17.5 Å². The molecule has 0 spiro atoms. The van der Waals surface area contributed by atoms with Gasteiger partial charge in [-0.25, -0.2) is 13.2 Å². The summed E-state index contributed by atoms with van der Waals surface area (Å²) in [5.74, 6) is -0.872. The fourth-order valence-corrected chi connectivity index (χ4v) is 12.2. The minimum atomic E-state index is -0.237. The molecule has 0 fully saturated rings. The molecule has 12 nitrogen and oxygen atoms in total. The molecule has 0 aliphatic heterocycles.